The normalized spacial score (nSPS) is 15.8. The summed E-state index contributed by atoms with van der Waals surface area (Å²) in [5, 5.41) is 5.56. The molecule has 0 aliphatic carbocycles. The monoisotopic (exact) mass is 497 g/mol. The second kappa shape index (κ2) is 9.70. The Bertz CT molecular complexity index is 1340. The molecule has 1 aliphatic rings. The number of aromatic nitrogens is 2. The van der Waals surface area contributed by atoms with Crippen LogP contribution in [0.15, 0.2) is 77.0 Å². The number of carbonyl (C=O) groups excluding carboxylic acids is 2. The van der Waals surface area contributed by atoms with Crippen molar-refractivity contribution in [3.63, 3.8) is 0 Å². The predicted molar refractivity (Wildman–Crippen MR) is 127 cm³/mol. The first-order valence-corrected chi connectivity index (χ1v) is 12.2. The number of hydrogen-bond acceptors (Lipinski definition) is 7. The average Bonchev–Trinajstić information content (AvgIpc) is 3.11. The Morgan fingerprint density at radius 2 is 1.71 bits per heavy atom. The summed E-state index contributed by atoms with van der Waals surface area (Å²) in [7, 11) is -3.82. The quantitative estimate of drug-likeness (QED) is 0.498. The summed E-state index contributed by atoms with van der Waals surface area (Å²) in [5.74, 6) is -1.44. The Kier molecular flexibility index (Phi) is 6.71. The fourth-order valence-corrected chi connectivity index (χ4v) is 4.56. The lowest BCUT2D eigenvalue weighted by atomic mass is 9.95. The summed E-state index contributed by atoms with van der Waals surface area (Å²) in [5.41, 5.74) is 1.72. The van der Waals surface area contributed by atoms with Gasteiger partial charge in [-0.3, -0.25) is 9.59 Å². The fourth-order valence-electron chi connectivity index (χ4n) is 3.47. The number of imide groups is 1. The molecule has 0 saturated carbocycles. The first-order chi connectivity index (χ1) is 16.2. The van der Waals surface area contributed by atoms with Crippen molar-refractivity contribution in [3.05, 3.63) is 83.1 Å². The van der Waals surface area contributed by atoms with Gasteiger partial charge in [0, 0.05) is 28.7 Å². The number of sulfonamides is 1. The molecular formula is C23H20ClN5O4S. The van der Waals surface area contributed by atoms with Crippen LogP contribution >= 0.6 is 11.6 Å². The zero-order chi connectivity index (χ0) is 24.3. The molecule has 1 unspecified atom stereocenters. The van der Waals surface area contributed by atoms with Crippen molar-refractivity contribution < 1.29 is 18.0 Å². The molecule has 1 aromatic heterocycles. The van der Waals surface area contributed by atoms with E-state index in [1.807, 2.05) is 0 Å². The van der Waals surface area contributed by atoms with E-state index in [0.717, 1.165) is 10.6 Å². The van der Waals surface area contributed by atoms with E-state index in [1.54, 1.807) is 49.4 Å². The number of carbonyl (C=O) groups is 2. The first kappa shape index (κ1) is 23.5. The van der Waals surface area contributed by atoms with E-state index in [4.69, 9.17) is 11.6 Å². The minimum Gasteiger partial charge on any atom is -0.272 e. The number of nitrogens with one attached hydrogen (secondary N) is 1. The molecule has 11 heteroatoms. The lowest BCUT2D eigenvalue weighted by molar-refractivity contribution is -0.129. The Morgan fingerprint density at radius 1 is 1.06 bits per heavy atom. The van der Waals surface area contributed by atoms with E-state index in [1.165, 1.54) is 24.5 Å². The number of hydrogen-bond donors (Lipinski definition) is 1. The molecule has 1 atom stereocenters. The van der Waals surface area contributed by atoms with Gasteiger partial charge in [0.15, 0.2) is 0 Å². The smallest absolute Gasteiger partial charge is 0.272 e. The van der Waals surface area contributed by atoms with Crippen LogP contribution in [0.1, 0.15) is 29.3 Å². The number of hydrazone groups is 1. The molecule has 3 aromatic rings. The van der Waals surface area contributed by atoms with Gasteiger partial charge in [-0.1, -0.05) is 23.7 Å². The van der Waals surface area contributed by atoms with Crippen molar-refractivity contribution >= 4 is 45.1 Å². The van der Waals surface area contributed by atoms with Crippen molar-refractivity contribution in [3.8, 4) is 0 Å². The zero-order valence-corrected chi connectivity index (χ0v) is 19.6. The second-order valence-corrected chi connectivity index (χ2v) is 9.74. The average molecular weight is 498 g/mol. The van der Waals surface area contributed by atoms with Crippen molar-refractivity contribution in [1.82, 2.24) is 15.0 Å². The van der Waals surface area contributed by atoms with Crippen LogP contribution in [-0.4, -0.2) is 40.9 Å². The molecule has 9 nitrogen and oxygen atoms in total. The van der Waals surface area contributed by atoms with Crippen molar-refractivity contribution in [2.45, 2.75) is 24.7 Å². The molecule has 0 spiro atoms. The van der Waals surface area contributed by atoms with Crippen molar-refractivity contribution in [2.75, 3.05) is 4.72 Å². The van der Waals surface area contributed by atoms with E-state index in [-0.39, 0.29) is 16.8 Å². The lowest BCUT2D eigenvalue weighted by Crippen LogP contribution is -2.32. The first-order valence-electron chi connectivity index (χ1n) is 10.3. The highest BCUT2D eigenvalue weighted by Gasteiger charge is 2.37. The Balaban J connectivity index is 1.39. The zero-order valence-electron chi connectivity index (χ0n) is 18.1. The summed E-state index contributed by atoms with van der Waals surface area (Å²) in [4.78, 5) is 33.3. The fraction of sp³-hybridized carbons (Fsp3) is 0.174. The maximum Gasteiger partial charge on any atom is 0.281 e. The highest BCUT2D eigenvalue weighted by molar-refractivity contribution is 7.92. The third-order valence-electron chi connectivity index (χ3n) is 5.30. The van der Waals surface area contributed by atoms with E-state index in [0.29, 0.717) is 29.1 Å². The Labute approximate surface area is 201 Å². The van der Waals surface area contributed by atoms with E-state index in [2.05, 4.69) is 19.8 Å². The van der Waals surface area contributed by atoms with Gasteiger partial charge < -0.3 is 0 Å². The maximum absolute atomic E-state index is 12.8. The molecule has 1 aliphatic heterocycles. The van der Waals surface area contributed by atoms with Crippen LogP contribution in [0.25, 0.3) is 0 Å². The number of nitrogens with zero attached hydrogens (tertiary/aromatic N) is 4. The molecule has 2 aromatic carbocycles. The van der Waals surface area contributed by atoms with Crippen molar-refractivity contribution in [1.29, 1.82) is 0 Å². The van der Waals surface area contributed by atoms with Crippen LogP contribution < -0.4 is 4.72 Å². The molecule has 4 rings (SSSR count). The summed E-state index contributed by atoms with van der Waals surface area (Å²) >= 11 is 5.86. The maximum atomic E-state index is 12.8. The van der Waals surface area contributed by atoms with Gasteiger partial charge in [-0.15, -0.1) is 0 Å². The third-order valence-corrected chi connectivity index (χ3v) is 6.90. The molecule has 174 valence electrons. The summed E-state index contributed by atoms with van der Waals surface area (Å²) < 4.78 is 27.3. The Morgan fingerprint density at radius 3 is 2.35 bits per heavy atom. The number of amides is 2. The van der Waals surface area contributed by atoms with Gasteiger partial charge in [-0.25, -0.2) is 23.1 Å². The van der Waals surface area contributed by atoms with Crippen LogP contribution in [0, 0.1) is 5.92 Å². The van der Waals surface area contributed by atoms with Gasteiger partial charge in [0.2, 0.25) is 5.95 Å². The van der Waals surface area contributed by atoms with Crippen LogP contribution in [-0.2, 0) is 21.2 Å². The molecule has 34 heavy (non-hydrogen) atoms. The SMILES string of the molecule is CC1=NN(C(=O)c2ccc(Cl)cc2)C(=O)C1CCc1ccc(S(=O)(=O)Nc2ncccn2)cc1. The van der Waals surface area contributed by atoms with Gasteiger partial charge in [0.05, 0.1) is 10.8 Å². The molecule has 2 amide bonds. The van der Waals surface area contributed by atoms with Crippen LogP contribution in [0.3, 0.4) is 0 Å². The molecule has 0 fully saturated rings. The number of anilines is 1. The molecule has 0 radical (unpaired) electrons. The molecule has 1 N–H and O–H groups in total. The highest BCUT2D eigenvalue weighted by atomic mass is 35.5. The minimum absolute atomic E-state index is 0.0150. The Hall–Kier alpha value is -3.63. The summed E-state index contributed by atoms with van der Waals surface area (Å²) in [6.45, 7) is 1.71. The van der Waals surface area contributed by atoms with E-state index < -0.39 is 21.8 Å². The van der Waals surface area contributed by atoms with Crippen LogP contribution in [0.4, 0.5) is 5.95 Å². The molecule has 2 heterocycles. The standard InChI is InChI=1S/C23H20ClN5O4S/c1-15-20(22(31)29(27-15)21(30)17-6-8-18(24)9-7-17)12-5-16-3-10-19(11-4-16)34(32,33)28-23-25-13-2-14-26-23/h2-4,6-11,13-14,20H,5,12H2,1H3,(H,25,26,28). The minimum atomic E-state index is -3.82. The van der Waals surface area contributed by atoms with E-state index >= 15 is 0 Å². The van der Waals surface area contributed by atoms with Gasteiger partial charge >= 0.3 is 0 Å². The predicted octanol–water partition coefficient (Wildman–Crippen LogP) is 3.54. The molecule has 0 bridgehead atoms. The summed E-state index contributed by atoms with van der Waals surface area (Å²) in [6.07, 6.45) is 3.81. The number of aryl methyl sites for hydroxylation is 1. The van der Waals surface area contributed by atoms with Crippen LogP contribution in [0.2, 0.25) is 5.02 Å². The number of benzene rings is 2. The van der Waals surface area contributed by atoms with Gasteiger partial charge in [0.1, 0.15) is 0 Å². The summed E-state index contributed by atoms with van der Waals surface area (Å²) in [6, 6.07) is 14.2. The van der Waals surface area contributed by atoms with Crippen molar-refractivity contribution in [2.24, 2.45) is 11.0 Å². The third kappa shape index (κ3) is 5.13. The topological polar surface area (TPSA) is 122 Å². The largest absolute Gasteiger partial charge is 0.281 e. The molecule has 0 saturated heterocycles. The second-order valence-electron chi connectivity index (χ2n) is 7.62. The highest BCUT2D eigenvalue weighted by Crippen LogP contribution is 2.24. The van der Waals surface area contributed by atoms with Gasteiger partial charge in [0.25, 0.3) is 21.8 Å². The van der Waals surface area contributed by atoms with Gasteiger partial charge in [-0.05, 0) is 67.8 Å². The number of halogens is 1. The number of rotatable bonds is 7. The van der Waals surface area contributed by atoms with Crippen LogP contribution in [0.5, 0.6) is 0 Å². The van der Waals surface area contributed by atoms with E-state index in [9.17, 15) is 18.0 Å². The molecular weight excluding hydrogens is 478 g/mol. The lowest BCUT2D eigenvalue weighted by Gasteiger charge is -2.13. The van der Waals surface area contributed by atoms with Gasteiger partial charge in [-0.2, -0.15) is 10.1 Å².